The smallest absolute Gasteiger partial charge is 0.320 e. The lowest BCUT2D eigenvalue weighted by Gasteiger charge is -2.31. The Bertz CT molecular complexity index is 866. The Hall–Kier alpha value is -3.36. The van der Waals surface area contributed by atoms with Gasteiger partial charge < -0.3 is 21.1 Å². The molecule has 0 spiro atoms. The highest BCUT2D eigenvalue weighted by Crippen LogP contribution is 2.28. The number of aliphatic carboxylic acids is 1. The molecule has 0 saturated heterocycles. The number of carboxylic acid groups (broad SMARTS) is 1. The number of benzene rings is 1. The van der Waals surface area contributed by atoms with E-state index in [4.69, 9.17) is 21.4 Å². The van der Waals surface area contributed by atoms with Gasteiger partial charge in [0.25, 0.3) is 0 Å². The van der Waals surface area contributed by atoms with E-state index in [9.17, 15) is 9.59 Å². The van der Waals surface area contributed by atoms with E-state index in [1.807, 2.05) is 30.3 Å². The molecule has 2 rings (SSSR count). The van der Waals surface area contributed by atoms with Crippen LogP contribution in [-0.2, 0) is 16.0 Å². The van der Waals surface area contributed by atoms with Gasteiger partial charge in [-0.15, -0.1) is 0 Å². The van der Waals surface area contributed by atoms with Gasteiger partial charge in [0.15, 0.2) is 0 Å². The standard InChI is InChI=1S/C22H27N5O3/c23-14-17(15-24)12-16-6-7-20-18(13-16)4-3-10-27(20)11-8-21(28)26-9-2-1-5-19(25)22(29)30/h6-7,12-13,19H,1-5,8-11,25H2,(H,26,28)(H,29,30)/t19-/m1/s1. The minimum Gasteiger partial charge on any atom is -0.480 e. The zero-order valence-electron chi connectivity index (χ0n) is 16.9. The SMILES string of the molecule is N#CC(C#N)=Cc1ccc2c(c1)CCCN2CCC(=O)NCCCC[C@@H](N)C(=O)O. The van der Waals surface area contributed by atoms with E-state index in [0.717, 1.165) is 36.2 Å². The number of nitriles is 2. The van der Waals surface area contributed by atoms with Crippen molar-refractivity contribution >= 4 is 23.6 Å². The molecule has 1 aromatic carbocycles. The highest BCUT2D eigenvalue weighted by atomic mass is 16.4. The van der Waals surface area contributed by atoms with Crippen molar-refractivity contribution in [2.24, 2.45) is 5.73 Å². The second-order valence-electron chi connectivity index (χ2n) is 7.30. The largest absolute Gasteiger partial charge is 0.480 e. The van der Waals surface area contributed by atoms with Crippen LogP contribution in [0.5, 0.6) is 0 Å². The quantitative estimate of drug-likeness (QED) is 0.396. The van der Waals surface area contributed by atoms with Crippen molar-refractivity contribution in [2.75, 3.05) is 24.5 Å². The third-order valence-corrected chi connectivity index (χ3v) is 5.06. The Morgan fingerprint density at radius 3 is 2.77 bits per heavy atom. The van der Waals surface area contributed by atoms with E-state index in [0.29, 0.717) is 38.8 Å². The van der Waals surface area contributed by atoms with E-state index in [-0.39, 0.29) is 11.5 Å². The minimum atomic E-state index is -1.00. The number of nitrogens with one attached hydrogen (secondary N) is 1. The first kappa shape index (κ1) is 22.9. The Morgan fingerprint density at radius 1 is 1.30 bits per heavy atom. The van der Waals surface area contributed by atoms with Crippen LogP contribution in [0.2, 0.25) is 0 Å². The number of fused-ring (bicyclic) bond motifs is 1. The molecule has 1 heterocycles. The Morgan fingerprint density at radius 2 is 2.07 bits per heavy atom. The molecule has 1 aliphatic rings. The fourth-order valence-corrected chi connectivity index (χ4v) is 3.44. The zero-order chi connectivity index (χ0) is 21.9. The normalized spacial score (nSPS) is 13.4. The van der Waals surface area contributed by atoms with Crippen LogP contribution in [0.15, 0.2) is 23.8 Å². The first-order valence-corrected chi connectivity index (χ1v) is 10.1. The number of rotatable bonds is 10. The molecule has 0 aromatic heterocycles. The van der Waals surface area contributed by atoms with Gasteiger partial charge >= 0.3 is 5.97 Å². The number of allylic oxidation sites excluding steroid dienone is 1. The Balaban J connectivity index is 1.81. The number of nitrogens with two attached hydrogens (primary N) is 1. The predicted octanol–water partition coefficient (Wildman–Crippen LogP) is 1.96. The van der Waals surface area contributed by atoms with Gasteiger partial charge in [-0.25, -0.2) is 0 Å². The van der Waals surface area contributed by atoms with Crippen LogP contribution in [0.3, 0.4) is 0 Å². The molecule has 8 nitrogen and oxygen atoms in total. The van der Waals surface area contributed by atoms with Crippen molar-refractivity contribution in [2.45, 2.75) is 44.6 Å². The molecule has 1 atom stereocenters. The Labute approximate surface area is 176 Å². The molecule has 0 bridgehead atoms. The molecule has 30 heavy (non-hydrogen) atoms. The number of unbranched alkanes of at least 4 members (excludes halogenated alkanes) is 1. The molecule has 0 saturated carbocycles. The number of hydrogen-bond acceptors (Lipinski definition) is 6. The summed E-state index contributed by atoms with van der Waals surface area (Å²) >= 11 is 0. The summed E-state index contributed by atoms with van der Waals surface area (Å²) in [6.07, 6.45) is 5.61. The van der Waals surface area contributed by atoms with Crippen LogP contribution in [0.25, 0.3) is 6.08 Å². The lowest BCUT2D eigenvalue weighted by molar-refractivity contribution is -0.138. The monoisotopic (exact) mass is 409 g/mol. The van der Waals surface area contributed by atoms with Crippen molar-refractivity contribution in [3.8, 4) is 12.1 Å². The molecule has 1 amide bonds. The van der Waals surface area contributed by atoms with Crippen LogP contribution >= 0.6 is 0 Å². The van der Waals surface area contributed by atoms with E-state index in [1.165, 1.54) is 0 Å². The molecular formula is C22H27N5O3. The maximum atomic E-state index is 12.1. The first-order valence-electron chi connectivity index (χ1n) is 10.1. The van der Waals surface area contributed by atoms with Gasteiger partial charge in [0.1, 0.15) is 23.8 Å². The summed E-state index contributed by atoms with van der Waals surface area (Å²) in [6.45, 7) is 2.00. The number of carboxylic acids is 1. The summed E-state index contributed by atoms with van der Waals surface area (Å²) < 4.78 is 0. The van der Waals surface area contributed by atoms with Crippen molar-refractivity contribution in [1.82, 2.24) is 5.32 Å². The highest BCUT2D eigenvalue weighted by Gasteiger charge is 2.18. The van der Waals surface area contributed by atoms with Crippen molar-refractivity contribution in [1.29, 1.82) is 10.5 Å². The van der Waals surface area contributed by atoms with E-state index in [2.05, 4.69) is 10.2 Å². The summed E-state index contributed by atoms with van der Waals surface area (Å²) in [5.41, 5.74) is 8.59. The van der Waals surface area contributed by atoms with Gasteiger partial charge in [-0.05, 0) is 61.4 Å². The highest BCUT2D eigenvalue weighted by molar-refractivity contribution is 5.77. The first-order chi connectivity index (χ1) is 14.4. The number of aryl methyl sites for hydroxylation is 1. The molecular weight excluding hydrogens is 382 g/mol. The fraction of sp³-hybridized carbons (Fsp3) is 0.455. The van der Waals surface area contributed by atoms with Gasteiger partial charge in [0.05, 0.1) is 0 Å². The summed E-state index contributed by atoms with van der Waals surface area (Å²) in [6, 6.07) is 8.76. The molecule has 1 aromatic rings. The van der Waals surface area contributed by atoms with Crippen LogP contribution < -0.4 is 16.0 Å². The number of carbonyl (C=O) groups excluding carboxylic acids is 1. The van der Waals surface area contributed by atoms with Crippen LogP contribution in [0.4, 0.5) is 5.69 Å². The molecule has 8 heteroatoms. The van der Waals surface area contributed by atoms with E-state index in [1.54, 1.807) is 6.08 Å². The summed E-state index contributed by atoms with van der Waals surface area (Å²) in [5.74, 6) is -1.03. The third-order valence-electron chi connectivity index (χ3n) is 5.06. The van der Waals surface area contributed by atoms with Crippen molar-refractivity contribution in [3.63, 3.8) is 0 Å². The lowest BCUT2D eigenvalue weighted by Crippen LogP contribution is -2.34. The number of hydrogen-bond donors (Lipinski definition) is 3. The molecule has 1 aliphatic heterocycles. The second-order valence-corrected chi connectivity index (χ2v) is 7.30. The van der Waals surface area contributed by atoms with Gasteiger partial charge in [0, 0.05) is 31.7 Å². The maximum absolute atomic E-state index is 12.1. The van der Waals surface area contributed by atoms with Gasteiger partial charge in [0.2, 0.25) is 5.91 Å². The number of nitrogens with zero attached hydrogens (tertiary/aromatic N) is 3. The summed E-state index contributed by atoms with van der Waals surface area (Å²) in [7, 11) is 0. The van der Waals surface area contributed by atoms with E-state index < -0.39 is 12.0 Å². The molecule has 0 aliphatic carbocycles. The van der Waals surface area contributed by atoms with Crippen molar-refractivity contribution < 1.29 is 14.7 Å². The minimum absolute atomic E-state index is 0.0307. The van der Waals surface area contributed by atoms with Gasteiger partial charge in [-0.2, -0.15) is 10.5 Å². The van der Waals surface area contributed by atoms with E-state index >= 15 is 0 Å². The number of carbonyl (C=O) groups is 2. The second kappa shape index (κ2) is 11.6. The van der Waals surface area contributed by atoms with Gasteiger partial charge in [-0.1, -0.05) is 6.07 Å². The predicted molar refractivity (Wildman–Crippen MR) is 113 cm³/mol. The average molecular weight is 409 g/mol. The zero-order valence-corrected chi connectivity index (χ0v) is 16.9. The fourth-order valence-electron chi connectivity index (χ4n) is 3.44. The Kier molecular flexibility index (Phi) is 8.86. The molecule has 158 valence electrons. The molecule has 0 fully saturated rings. The van der Waals surface area contributed by atoms with Crippen LogP contribution in [0, 0.1) is 22.7 Å². The molecule has 0 radical (unpaired) electrons. The molecule has 0 unspecified atom stereocenters. The molecule has 4 N–H and O–H groups in total. The summed E-state index contributed by atoms with van der Waals surface area (Å²) in [4.78, 5) is 25.0. The number of amides is 1. The third kappa shape index (κ3) is 6.91. The topological polar surface area (TPSA) is 143 Å². The average Bonchev–Trinajstić information content (AvgIpc) is 2.75. The van der Waals surface area contributed by atoms with Crippen LogP contribution in [0.1, 0.15) is 43.2 Å². The maximum Gasteiger partial charge on any atom is 0.320 e. The van der Waals surface area contributed by atoms with Gasteiger partial charge in [-0.3, -0.25) is 9.59 Å². The lowest BCUT2D eigenvalue weighted by atomic mass is 9.98. The summed E-state index contributed by atoms with van der Waals surface area (Å²) in [5, 5.41) is 29.4. The van der Waals surface area contributed by atoms with Crippen molar-refractivity contribution in [3.05, 3.63) is 34.9 Å². The number of anilines is 1. The van der Waals surface area contributed by atoms with Crippen LogP contribution in [-0.4, -0.2) is 42.7 Å².